The zero-order chi connectivity index (χ0) is 13.8. The number of methoxy groups -OCH3 is 1. The lowest BCUT2D eigenvalue weighted by molar-refractivity contribution is 0.0635. The Hall–Kier alpha value is -1.75. The summed E-state index contributed by atoms with van der Waals surface area (Å²) in [6.45, 7) is 5.81. The molecule has 0 saturated carbocycles. The molecule has 100 valence electrons. The van der Waals surface area contributed by atoms with Crippen LogP contribution in [0.2, 0.25) is 0 Å². The quantitative estimate of drug-likeness (QED) is 0.866. The maximum Gasteiger partial charge on any atom is 0.412 e. The standard InChI is InChI=1S/C13H20N2O3/c1-13(2,3)18-12(16)15-10-7-9(8-14)5-6-11(10)17-4/h5-7H,8,14H2,1-4H3,(H,15,16). The van der Waals surface area contributed by atoms with Crippen molar-refractivity contribution in [3.05, 3.63) is 23.8 Å². The van der Waals surface area contributed by atoms with Gasteiger partial charge in [-0.1, -0.05) is 6.07 Å². The Bertz CT molecular complexity index is 425. The van der Waals surface area contributed by atoms with Gasteiger partial charge < -0.3 is 15.2 Å². The summed E-state index contributed by atoms with van der Waals surface area (Å²) < 4.78 is 10.3. The Balaban J connectivity index is 2.85. The van der Waals surface area contributed by atoms with Gasteiger partial charge in [-0.15, -0.1) is 0 Å². The number of nitrogens with one attached hydrogen (secondary N) is 1. The first-order valence-electron chi connectivity index (χ1n) is 5.72. The Kier molecular flexibility index (Phi) is 4.55. The van der Waals surface area contributed by atoms with E-state index in [-0.39, 0.29) is 0 Å². The molecule has 1 rings (SSSR count). The van der Waals surface area contributed by atoms with E-state index in [9.17, 15) is 4.79 Å². The number of benzene rings is 1. The second-order valence-electron chi connectivity index (χ2n) is 4.87. The van der Waals surface area contributed by atoms with E-state index in [1.807, 2.05) is 6.07 Å². The van der Waals surface area contributed by atoms with Gasteiger partial charge in [-0.2, -0.15) is 0 Å². The number of carbonyl (C=O) groups is 1. The molecule has 1 amide bonds. The first-order valence-corrected chi connectivity index (χ1v) is 5.72. The number of rotatable bonds is 3. The highest BCUT2D eigenvalue weighted by atomic mass is 16.6. The number of hydrogen-bond acceptors (Lipinski definition) is 4. The molecule has 5 heteroatoms. The van der Waals surface area contributed by atoms with E-state index in [1.54, 1.807) is 32.9 Å². The highest BCUT2D eigenvalue weighted by molar-refractivity contribution is 5.87. The summed E-state index contributed by atoms with van der Waals surface area (Å²) in [7, 11) is 1.54. The second-order valence-corrected chi connectivity index (χ2v) is 4.87. The van der Waals surface area contributed by atoms with E-state index < -0.39 is 11.7 Å². The highest BCUT2D eigenvalue weighted by Crippen LogP contribution is 2.26. The van der Waals surface area contributed by atoms with Crippen LogP contribution in [0.5, 0.6) is 5.75 Å². The third kappa shape index (κ3) is 4.25. The number of anilines is 1. The molecule has 1 aromatic carbocycles. The van der Waals surface area contributed by atoms with Crippen LogP contribution < -0.4 is 15.8 Å². The van der Waals surface area contributed by atoms with Crippen LogP contribution in [0.1, 0.15) is 26.3 Å². The molecule has 18 heavy (non-hydrogen) atoms. The van der Waals surface area contributed by atoms with Crippen LogP contribution in [0.25, 0.3) is 0 Å². The lowest BCUT2D eigenvalue weighted by atomic mass is 10.2. The zero-order valence-corrected chi connectivity index (χ0v) is 11.2. The Morgan fingerprint density at radius 1 is 1.39 bits per heavy atom. The maximum absolute atomic E-state index is 11.7. The second kappa shape index (κ2) is 5.73. The largest absolute Gasteiger partial charge is 0.495 e. The van der Waals surface area contributed by atoms with Crippen molar-refractivity contribution in [2.45, 2.75) is 32.9 Å². The average molecular weight is 252 g/mol. The molecule has 0 heterocycles. The summed E-state index contributed by atoms with van der Waals surface area (Å²) in [4.78, 5) is 11.7. The third-order valence-corrected chi connectivity index (χ3v) is 2.14. The van der Waals surface area contributed by atoms with E-state index in [4.69, 9.17) is 15.2 Å². The molecule has 0 radical (unpaired) electrons. The minimum absolute atomic E-state index is 0.396. The van der Waals surface area contributed by atoms with Crippen LogP contribution in [0.3, 0.4) is 0 Å². The number of hydrogen-bond donors (Lipinski definition) is 2. The SMILES string of the molecule is COc1ccc(CN)cc1NC(=O)OC(C)(C)C. The number of carbonyl (C=O) groups excluding carboxylic acids is 1. The van der Waals surface area contributed by atoms with Crippen molar-refractivity contribution < 1.29 is 14.3 Å². The molecule has 0 atom stereocenters. The van der Waals surface area contributed by atoms with Crippen LogP contribution >= 0.6 is 0 Å². The number of amides is 1. The Morgan fingerprint density at radius 3 is 2.56 bits per heavy atom. The van der Waals surface area contributed by atoms with Gasteiger partial charge in [-0.3, -0.25) is 5.32 Å². The van der Waals surface area contributed by atoms with Gasteiger partial charge in [0.05, 0.1) is 12.8 Å². The predicted molar refractivity (Wildman–Crippen MR) is 70.7 cm³/mol. The van der Waals surface area contributed by atoms with Gasteiger partial charge in [-0.25, -0.2) is 4.79 Å². The fraction of sp³-hybridized carbons (Fsp3) is 0.462. The topological polar surface area (TPSA) is 73.6 Å². The van der Waals surface area contributed by atoms with E-state index in [0.29, 0.717) is 18.0 Å². The lowest BCUT2D eigenvalue weighted by Gasteiger charge is -2.20. The molecule has 0 aliphatic heterocycles. The van der Waals surface area contributed by atoms with E-state index in [1.165, 1.54) is 7.11 Å². The summed E-state index contributed by atoms with van der Waals surface area (Å²) in [6, 6.07) is 5.37. The molecule has 0 bridgehead atoms. The number of ether oxygens (including phenoxy) is 2. The molecule has 0 aromatic heterocycles. The summed E-state index contributed by atoms with van der Waals surface area (Å²) in [6.07, 6.45) is -0.519. The van der Waals surface area contributed by atoms with Gasteiger partial charge in [0, 0.05) is 6.54 Å². The lowest BCUT2D eigenvalue weighted by Crippen LogP contribution is -2.27. The fourth-order valence-corrected chi connectivity index (χ4v) is 1.39. The summed E-state index contributed by atoms with van der Waals surface area (Å²) in [5, 5.41) is 2.65. The molecule has 1 aromatic rings. The van der Waals surface area contributed by atoms with Gasteiger partial charge in [0.2, 0.25) is 0 Å². The molecule has 5 nitrogen and oxygen atoms in total. The van der Waals surface area contributed by atoms with Crippen molar-refractivity contribution in [2.75, 3.05) is 12.4 Å². The highest BCUT2D eigenvalue weighted by Gasteiger charge is 2.17. The molecule has 0 unspecified atom stereocenters. The van der Waals surface area contributed by atoms with Crippen molar-refractivity contribution in [1.82, 2.24) is 0 Å². The van der Waals surface area contributed by atoms with Crippen molar-refractivity contribution in [2.24, 2.45) is 5.73 Å². The molecule has 0 aliphatic rings. The zero-order valence-electron chi connectivity index (χ0n) is 11.2. The van der Waals surface area contributed by atoms with Gasteiger partial charge in [0.25, 0.3) is 0 Å². The van der Waals surface area contributed by atoms with Crippen molar-refractivity contribution in [3.63, 3.8) is 0 Å². The van der Waals surface area contributed by atoms with Crippen LogP contribution in [-0.4, -0.2) is 18.8 Å². The maximum atomic E-state index is 11.7. The van der Waals surface area contributed by atoms with Gasteiger partial charge in [0.15, 0.2) is 0 Å². The molecular formula is C13H20N2O3. The summed E-state index contributed by atoms with van der Waals surface area (Å²) in [5.41, 5.74) is 6.47. The average Bonchev–Trinajstić information content (AvgIpc) is 2.26. The first-order chi connectivity index (χ1) is 8.35. The fourth-order valence-electron chi connectivity index (χ4n) is 1.39. The smallest absolute Gasteiger partial charge is 0.412 e. The van der Waals surface area contributed by atoms with E-state index >= 15 is 0 Å². The summed E-state index contributed by atoms with van der Waals surface area (Å²) in [5.74, 6) is 0.568. The Morgan fingerprint density at radius 2 is 2.06 bits per heavy atom. The van der Waals surface area contributed by atoms with Crippen LogP contribution in [-0.2, 0) is 11.3 Å². The van der Waals surface area contributed by atoms with Crippen LogP contribution in [0.15, 0.2) is 18.2 Å². The minimum atomic E-state index is -0.539. The van der Waals surface area contributed by atoms with E-state index in [2.05, 4.69) is 5.32 Å². The first kappa shape index (κ1) is 14.3. The Labute approximate surface area is 107 Å². The van der Waals surface area contributed by atoms with Crippen molar-refractivity contribution >= 4 is 11.8 Å². The van der Waals surface area contributed by atoms with Gasteiger partial charge in [-0.05, 0) is 38.5 Å². The normalized spacial score (nSPS) is 10.9. The van der Waals surface area contributed by atoms with Crippen molar-refractivity contribution in [3.8, 4) is 5.75 Å². The van der Waals surface area contributed by atoms with Crippen molar-refractivity contribution in [1.29, 1.82) is 0 Å². The van der Waals surface area contributed by atoms with E-state index in [0.717, 1.165) is 5.56 Å². The van der Waals surface area contributed by atoms with Crippen LogP contribution in [0.4, 0.5) is 10.5 Å². The third-order valence-electron chi connectivity index (χ3n) is 2.14. The molecule has 0 saturated heterocycles. The summed E-state index contributed by atoms with van der Waals surface area (Å²) >= 11 is 0. The van der Waals surface area contributed by atoms with Crippen LogP contribution in [0, 0.1) is 0 Å². The molecule has 3 N–H and O–H groups in total. The predicted octanol–water partition coefficient (Wildman–Crippen LogP) is 2.50. The number of nitrogens with two attached hydrogens (primary N) is 1. The van der Waals surface area contributed by atoms with Gasteiger partial charge >= 0.3 is 6.09 Å². The van der Waals surface area contributed by atoms with Gasteiger partial charge in [0.1, 0.15) is 11.4 Å². The molecular weight excluding hydrogens is 232 g/mol. The molecule has 0 aliphatic carbocycles. The monoisotopic (exact) mass is 252 g/mol. The minimum Gasteiger partial charge on any atom is -0.495 e. The molecule has 0 spiro atoms. The molecule has 0 fully saturated rings.